The molecule has 1 aromatic carbocycles. The SMILES string of the molecule is CCc1c(C)nc2c(OC)cc(OC)cc2c1Cl. The minimum absolute atomic E-state index is 0.678. The highest BCUT2D eigenvalue weighted by atomic mass is 35.5. The summed E-state index contributed by atoms with van der Waals surface area (Å²) in [6.45, 7) is 4.03. The van der Waals surface area contributed by atoms with Gasteiger partial charge in [0.1, 0.15) is 17.0 Å². The molecule has 18 heavy (non-hydrogen) atoms. The molecule has 0 saturated heterocycles. The van der Waals surface area contributed by atoms with Crippen LogP contribution in [0, 0.1) is 6.92 Å². The molecule has 96 valence electrons. The molecule has 0 amide bonds. The molecule has 0 bridgehead atoms. The van der Waals surface area contributed by atoms with Crippen LogP contribution >= 0.6 is 11.6 Å². The number of fused-ring (bicyclic) bond motifs is 1. The van der Waals surface area contributed by atoms with Crippen molar-refractivity contribution in [3.05, 3.63) is 28.4 Å². The van der Waals surface area contributed by atoms with Gasteiger partial charge >= 0.3 is 0 Å². The minimum atomic E-state index is 0.678. The minimum Gasteiger partial charge on any atom is -0.497 e. The van der Waals surface area contributed by atoms with Gasteiger partial charge in [0.05, 0.1) is 19.2 Å². The molecule has 1 heterocycles. The highest BCUT2D eigenvalue weighted by molar-refractivity contribution is 6.36. The van der Waals surface area contributed by atoms with Gasteiger partial charge in [-0.3, -0.25) is 0 Å². The maximum atomic E-state index is 6.45. The normalized spacial score (nSPS) is 10.7. The van der Waals surface area contributed by atoms with Crippen LogP contribution in [0.4, 0.5) is 0 Å². The van der Waals surface area contributed by atoms with Crippen LogP contribution in [0.25, 0.3) is 10.9 Å². The first-order valence-corrected chi connectivity index (χ1v) is 6.20. The van der Waals surface area contributed by atoms with Crippen LogP contribution in [0.2, 0.25) is 5.02 Å². The first-order valence-electron chi connectivity index (χ1n) is 5.83. The van der Waals surface area contributed by atoms with E-state index in [1.165, 1.54) is 0 Å². The molecule has 0 atom stereocenters. The van der Waals surface area contributed by atoms with Crippen molar-refractivity contribution in [2.75, 3.05) is 14.2 Å². The van der Waals surface area contributed by atoms with Gasteiger partial charge in [-0.15, -0.1) is 0 Å². The Morgan fingerprint density at radius 2 is 1.94 bits per heavy atom. The fourth-order valence-corrected chi connectivity index (χ4v) is 2.52. The Kier molecular flexibility index (Phi) is 3.62. The van der Waals surface area contributed by atoms with Crippen LogP contribution in [0.1, 0.15) is 18.2 Å². The van der Waals surface area contributed by atoms with Crippen LogP contribution in [0.3, 0.4) is 0 Å². The van der Waals surface area contributed by atoms with Crippen LogP contribution in [-0.4, -0.2) is 19.2 Å². The third-order valence-electron chi connectivity index (χ3n) is 3.08. The molecule has 2 aromatic rings. The number of hydrogen-bond donors (Lipinski definition) is 0. The van der Waals surface area contributed by atoms with Crippen molar-refractivity contribution in [3.8, 4) is 11.5 Å². The van der Waals surface area contributed by atoms with E-state index in [1.807, 2.05) is 19.1 Å². The van der Waals surface area contributed by atoms with Crippen molar-refractivity contribution < 1.29 is 9.47 Å². The van der Waals surface area contributed by atoms with Crippen molar-refractivity contribution in [2.24, 2.45) is 0 Å². The monoisotopic (exact) mass is 265 g/mol. The Balaban J connectivity index is 2.87. The summed E-state index contributed by atoms with van der Waals surface area (Å²) >= 11 is 6.45. The van der Waals surface area contributed by atoms with E-state index in [0.717, 1.165) is 33.6 Å². The first kappa shape index (κ1) is 13.0. The van der Waals surface area contributed by atoms with Gasteiger partial charge < -0.3 is 9.47 Å². The Morgan fingerprint density at radius 3 is 2.50 bits per heavy atom. The number of pyridine rings is 1. The lowest BCUT2D eigenvalue weighted by molar-refractivity contribution is 0.397. The van der Waals surface area contributed by atoms with E-state index in [9.17, 15) is 0 Å². The maximum absolute atomic E-state index is 6.45. The van der Waals surface area contributed by atoms with Gasteiger partial charge in [0, 0.05) is 17.1 Å². The molecule has 0 unspecified atom stereocenters. The van der Waals surface area contributed by atoms with E-state index < -0.39 is 0 Å². The number of ether oxygens (including phenoxy) is 2. The van der Waals surface area contributed by atoms with Gasteiger partial charge in [0.2, 0.25) is 0 Å². The number of benzene rings is 1. The molecule has 2 rings (SSSR count). The fourth-order valence-electron chi connectivity index (χ4n) is 2.11. The van der Waals surface area contributed by atoms with Gasteiger partial charge in [-0.2, -0.15) is 0 Å². The Bertz CT molecular complexity index is 596. The predicted molar refractivity (Wildman–Crippen MR) is 74.0 cm³/mol. The average Bonchev–Trinajstić information content (AvgIpc) is 2.38. The molecule has 0 spiro atoms. The average molecular weight is 266 g/mol. The number of methoxy groups -OCH3 is 2. The third-order valence-corrected chi connectivity index (χ3v) is 3.51. The predicted octanol–water partition coefficient (Wildman–Crippen LogP) is 3.78. The number of halogens is 1. The summed E-state index contributed by atoms with van der Waals surface area (Å²) in [6, 6.07) is 3.71. The highest BCUT2D eigenvalue weighted by Crippen LogP contribution is 2.36. The molecule has 0 N–H and O–H groups in total. The molecule has 0 fully saturated rings. The number of aryl methyl sites for hydroxylation is 1. The van der Waals surface area contributed by atoms with Gasteiger partial charge in [0.15, 0.2) is 0 Å². The van der Waals surface area contributed by atoms with E-state index in [2.05, 4.69) is 11.9 Å². The lowest BCUT2D eigenvalue weighted by Crippen LogP contribution is -1.97. The van der Waals surface area contributed by atoms with Crippen LogP contribution in [-0.2, 0) is 6.42 Å². The van der Waals surface area contributed by atoms with Gasteiger partial charge in [-0.1, -0.05) is 18.5 Å². The molecule has 0 aliphatic heterocycles. The van der Waals surface area contributed by atoms with Crippen LogP contribution in [0.5, 0.6) is 11.5 Å². The van der Waals surface area contributed by atoms with Gasteiger partial charge in [0.25, 0.3) is 0 Å². The smallest absolute Gasteiger partial charge is 0.148 e. The number of nitrogens with zero attached hydrogens (tertiary/aromatic N) is 1. The van der Waals surface area contributed by atoms with Crippen molar-refractivity contribution >= 4 is 22.5 Å². The quantitative estimate of drug-likeness (QED) is 0.846. The second kappa shape index (κ2) is 5.02. The second-order valence-electron chi connectivity index (χ2n) is 4.07. The van der Waals surface area contributed by atoms with E-state index in [4.69, 9.17) is 21.1 Å². The molecule has 0 radical (unpaired) electrons. The van der Waals surface area contributed by atoms with Crippen LogP contribution < -0.4 is 9.47 Å². The van der Waals surface area contributed by atoms with E-state index in [1.54, 1.807) is 14.2 Å². The molecule has 1 aromatic heterocycles. The molecular formula is C14H16ClNO2. The van der Waals surface area contributed by atoms with E-state index >= 15 is 0 Å². The van der Waals surface area contributed by atoms with Crippen LogP contribution in [0.15, 0.2) is 12.1 Å². The first-order chi connectivity index (χ1) is 8.62. The van der Waals surface area contributed by atoms with Crippen molar-refractivity contribution in [1.29, 1.82) is 0 Å². The van der Waals surface area contributed by atoms with Crippen molar-refractivity contribution in [3.63, 3.8) is 0 Å². The molecule has 4 heteroatoms. The maximum Gasteiger partial charge on any atom is 0.148 e. The van der Waals surface area contributed by atoms with Gasteiger partial charge in [-0.05, 0) is 25.0 Å². The summed E-state index contributed by atoms with van der Waals surface area (Å²) in [5, 5.41) is 1.60. The summed E-state index contributed by atoms with van der Waals surface area (Å²) in [4.78, 5) is 4.59. The number of rotatable bonds is 3. The largest absolute Gasteiger partial charge is 0.497 e. The molecule has 0 aliphatic carbocycles. The molecule has 3 nitrogen and oxygen atoms in total. The molecule has 0 saturated carbocycles. The zero-order chi connectivity index (χ0) is 13.3. The third kappa shape index (κ3) is 1.99. The zero-order valence-electron chi connectivity index (χ0n) is 11.0. The Hall–Kier alpha value is -1.48. The number of aromatic nitrogens is 1. The fraction of sp³-hybridized carbons (Fsp3) is 0.357. The number of hydrogen-bond acceptors (Lipinski definition) is 3. The zero-order valence-corrected chi connectivity index (χ0v) is 11.8. The van der Waals surface area contributed by atoms with E-state index in [-0.39, 0.29) is 0 Å². The van der Waals surface area contributed by atoms with Gasteiger partial charge in [-0.25, -0.2) is 4.98 Å². The van der Waals surface area contributed by atoms with Crippen molar-refractivity contribution in [1.82, 2.24) is 4.98 Å². The highest BCUT2D eigenvalue weighted by Gasteiger charge is 2.14. The molecular weight excluding hydrogens is 250 g/mol. The Morgan fingerprint density at radius 1 is 1.22 bits per heavy atom. The molecule has 0 aliphatic rings. The summed E-state index contributed by atoms with van der Waals surface area (Å²) in [5.41, 5.74) is 2.79. The van der Waals surface area contributed by atoms with Crippen molar-refractivity contribution in [2.45, 2.75) is 20.3 Å². The summed E-state index contributed by atoms with van der Waals surface area (Å²) < 4.78 is 10.6. The lowest BCUT2D eigenvalue weighted by Gasteiger charge is -2.13. The summed E-state index contributed by atoms with van der Waals surface area (Å²) in [5.74, 6) is 1.39. The van der Waals surface area contributed by atoms with E-state index in [0.29, 0.717) is 11.5 Å². The Labute approximate surface area is 112 Å². The standard InChI is InChI=1S/C14H16ClNO2/c1-5-10-8(2)16-14-11(13(10)15)6-9(17-3)7-12(14)18-4/h6-7H,5H2,1-4H3. The summed E-state index contributed by atoms with van der Waals surface area (Å²) in [7, 11) is 3.24. The second-order valence-corrected chi connectivity index (χ2v) is 4.45. The topological polar surface area (TPSA) is 31.4 Å². The lowest BCUT2D eigenvalue weighted by atomic mass is 10.1. The summed E-state index contributed by atoms with van der Waals surface area (Å²) in [6.07, 6.45) is 0.854.